The van der Waals surface area contributed by atoms with Crippen LogP contribution >= 0.6 is 0 Å². The molecule has 2 rings (SSSR count). The van der Waals surface area contributed by atoms with E-state index in [0.29, 0.717) is 19.5 Å². The molecular formula is C16H23FN2O2. The van der Waals surface area contributed by atoms with Crippen molar-refractivity contribution < 1.29 is 13.9 Å². The van der Waals surface area contributed by atoms with E-state index in [0.717, 1.165) is 19.6 Å². The third-order valence-electron chi connectivity index (χ3n) is 3.88. The van der Waals surface area contributed by atoms with Crippen molar-refractivity contribution >= 4 is 5.91 Å². The number of carbonyl (C=O) groups is 1. The molecule has 0 aliphatic carbocycles. The summed E-state index contributed by atoms with van der Waals surface area (Å²) in [6.07, 6.45) is -0.0867. The van der Waals surface area contributed by atoms with Crippen molar-refractivity contribution in [3.8, 4) is 5.75 Å². The summed E-state index contributed by atoms with van der Waals surface area (Å²) in [6.45, 7) is 8.20. The average Bonchev–Trinajstić information content (AvgIpc) is 2.53. The van der Waals surface area contributed by atoms with E-state index in [1.165, 1.54) is 6.07 Å². The molecule has 4 nitrogen and oxygen atoms in total. The molecule has 116 valence electrons. The maximum Gasteiger partial charge on any atom is 0.263 e. The summed E-state index contributed by atoms with van der Waals surface area (Å²) in [5.41, 5.74) is 0. The van der Waals surface area contributed by atoms with Gasteiger partial charge in [-0.25, -0.2) is 4.39 Å². The minimum absolute atomic E-state index is 0.0449. The molecule has 0 unspecified atom stereocenters. The average molecular weight is 294 g/mol. The van der Waals surface area contributed by atoms with E-state index in [9.17, 15) is 9.18 Å². The molecule has 1 aromatic rings. The van der Waals surface area contributed by atoms with E-state index in [1.807, 2.05) is 11.8 Å². The Kier molecular flexibility index (Phi) is 5.56. The van der Waals surface area contributed by atoms with E-state index in [4.69, 9.17) is 4.74 Å². The van der Waals surface area contributed by atoms with Crippen LogP contribution in [0, 0.1) is 5.82 Å². The van der Waals surface area contributed by atoms with E-state index in [-0.39, 0.29) is 11.7 Å². The Labute approximate surface area is 125 Å². The number of ether oxygens (including phenoxy) is 1. The van der Waals surface area contributed by atoms with E-state index in [2.05, 4.69) is 11.8 Å². The normalized spacial score (nSPS) is 17.6. The summed E-state index contributed by atoms with van der Waals surface area (Å²) in [6, 6.07) is 6.21. The van der Waals surface area contributed by atoms with E-state index >= 15 is 0 Å². The first-order chi connectivity index (χ1) is 10.2. The van der Waals surface area contributed by atoms with Crippen molar-refractivity contribution in [1.29, 1.82) is 0 Å². The van der Waals surface area contributed by atoms with Gasteiger partial charge in [-0.15, -0.1) is 0 Å². The molecule has 1 fully saturated rings. The summed E-state index contributed by atoms with van der Waals surface area (Å²) in [7, 11) is 0. The highest BCUT2D eigenvalue weighted by Gasteiger charge is 2.27. The second-order valence-corrected chi connectivity index (χ2v) is 5.20. The molecule has 1 heterocycles. The van der Waals surface area contributed by atoms with Gasteiger partial charge >= 0.3 is 0 Å². The highest BCUT2D eigenvalue weighted by molar-refractivity contribution is 5.81. The zero-order valence-electron chi connectivity index (χ0n) is 12.7. The Morgan fingerprint density at radius 1 is 1.24 bits per heavy atom. The van der Waals surface area contributed by atoms with Gasteiger partial charge in [0.1, 0.15) is 0 Å². The fraction of sp³-hybridized carbons (Fsp3) is 0.562. The third-order valence-corrected chi connectivity index (χ3v) is 3.88. The minimum atomic E-state index is -0.616. The Morgan fingerprint density at radius 2 is 1.90 bits per heavy atom. The van der Waals surface area contributed by atoms with Crippen LogP contribution in [0.5, 0.6) is 5.75 Å². The molecule has 1 aliphatic rings. The number of amides is 1. The zero-order chi connectivity index (χ0) is 15.2. The Hall–Kier alpha value is -1.62. The zero-order valence-corrected chi connectivity index (χ0v) is 12.7. The smallest absolute Gasteiger partial charge is 0.263 e. The number of halogens is 1. The van der Waals surface area contributed by atoms with E-state index < -0.39 is 11.9 Å². The fourth-order valence-corrected chi connectivity index (χ4v) is 2.49. The van der Waals surface area contributed by atoms with Gasteiger partial charge in [-0.2, -0.15) is 0 Å². The van der Waals surface area contributed by atoms with Crippen LogP contribution in [0.4, 0.5) is 4.39 Å². The molecule has 1 aromatic carbocycles. The van der Waals surface area contributed by atoms with Gasteiger partial charge in [-0.1, -0.05) is 26.0 Å². The van der Waals surface area contributed by atoms with Gasteiger partial charge in [-0.05, 0) is 25.1 Å². The molecule has 0 N–H and O–H groups in total. The van der Waals surface area contributed by atoms with Crippen molar-refractivity contribution in [2.75, 3.05) is 32.7 Å². The maximum absolute atomic E-state index is 13.6. The quantitative estimate of drug-likeness (QED) is 0.834. The lowest BCUT2D eigenvalue weighted by atomic mass is 10.2. The van der Waals surface area contributed by atoms with Crippen LogP contribution in [0.2, 0.25) is 0 Å². The Bertz CT molecular complexity index is 473. The summed E-state index contributed by atoms with van der Waals surface area (Å²) in [5.74, 6) is -0.332. The van der Waals surface area contributed by atoms with Crippen LogP contribution < -0.4 is 4.74 Å². The van der Waals surface area contributed by atoms with Gasteiger partial charge in [-0.3, -0.25) is 4.79 Å². The number of carbonyl (C=O) groups excluding carboxylic acids is 1. The van der Waals surface area contributed by atoms with Crippen molar-refractivity contribution in [3.05, 3.63) is 30.1 Å². The number of benzene rings is 1. The van der Waals surface area contributed by atoms with Gasteiger partial charge in [0, 0.05) is 26.2 Å². The maximum atomic E-state index is 13.6. The molecule has 5 heteroatoms. The Balaban J connectivity index is 1.98. The molecule has 1 saturated heterocycles. The van der Waals surface area contributed by atoms with Crippen molar-refractivity contribution in [1.82, 2.24) is 9.80 Å². The molecule has 0 aromatic heterocycles. The predicted molar refractivity (Wildman–Crippen MR) is 79.8 cm³/mol. The predicted octanol–water partition coefficient (Wildman–Crippen LogP) is 2.15. The van der Waals surface area contributed by atoms with E-state index in [1.54, 1.807) is 18.2 Å². The molecule has 21 heavy (non-hydrogen) atoms. The number of para-hydroxylation sites is 1. The molecule has 0 spiro atoms. The molecule has 1 aliphatic heterocycles. The van der Waals surface area contributed by atoms with Crippen LogP contribution in [0.1, 0.15) is 20.3 Å². The lowest BCUT2D eigenvalue weighted by molar-refractivity contribution is -0.140. The lowest BCUT2D eigenvalue weighted by Gasteiger charge is -2.35. The van der Waals surface area contributed by atoms with Crippen molar-refractivity contribution in [2.45, 2.75) is 26.4 Å². The largest absolute Gasteiger partial charge is 0.478 e. The van der Waals surface area contributed by atoms with Gasteiger partial charge in [0.2, 0.25) is 0 Å². The number of hydrogen-bond acceptors (Lipinski definition) is 3. The number of likely N-dealkylation sites (N-methyl/N-ethyl adjacent to an activating group) is 1. The van der Waals surface area contributed by atoms with Crippen LogP contribution in [-0.2, 0) is 4.79 Å². The molecule has 0 radical (unpaired) electrons. The standard InChI is InChI=1S/C16H23FN2O2/c1-3-14(21-15-8-6-5-7-13(15)17)16(20)19-11-9-18(4-2)10-12-19/h5-8,14H,3-4,9-12H2,1-2H3/t14-/m1/s1. The van der Waals surface area contributed by atoms with Crippen LogP contribution in [-0.4, -0.2) is 54.5 Å². The summed E-state index contributed by atoms with van der Waals surface area (Å²) in [4.78, 5) is 16.6. The fourth-order valence-electron chi connectivity index (χ4n) is 2.49. The lowest BCUT2D eigenvalue weighted by Crippen LogP contribution is -2.52. The summed E-state index contributed by atoms with van der Waals surface area (Å²) < 4.78 is 19.2. The second-order valence-electron chi connectivity index (χ2n) is 5.20. The number of piperazine rings is 1. The summed E-state index contributed by atoms with van der Waals surface area (Å²) >= 11 is 0. The van der Waals surface area contributed by atoms with Crippen LogP contribution in [0.3, 0.4) is 0 Å². The van der Waals surface area contributed by atoms with Gasteiger partial charge in [0.25, 0.3) is 5.91 Å². The number of rotatable bonds is 5. The van der Waals surface area contributed by atoms with Gasteiger partial charge in [0.05, 0.1) is 0 Å². The monoisotopic (exact) mass is 294 g/mol. The topological polar surface area (TPSA) is 32.8 Å². The van der Waals surface area contributed by atoms with Crippen molar-refractivity contribution in [2.24, 2.45) is 0 Å². The second kappa shape index (κ2) is 7.41. The summed E-state index contributed by atoms with van der Waals surface area (Å²) in [5, 5.41) is 0. The van der Waals surface area contributed by atoms with Gasteiger partial charge in [0.15, 0.2) is 17.7 Å². The SMILES string of the molecule is CC[C@@H](Oc1ccccc1F)C(=O)N1CCN(CC)CC1. The third kappa shape index (κ3) is 3.94. The molecule has 1 atom stereocenters. The minimum Gasteiger partial charge on any atom is -0.478 e. The van der Waals surface area contributed by atoms with Crippen LogP contribution in [0.25, 0.3) is 0 Å². The first-order valence-corrected chi connectivity index (χ1v) is 7.58. The number of hydrogen-bond donors (Lipinski definition) is 0. The highest BCUT2D eigenvalue weighted by atomic mass is 19.1. The molecular weight excluding hydrogens is 271 g/mol. The van der Waals surface area contributed by atoms with Crippen LogP contribution in [0.15, 0.2) is 24.3 Å². The molecule has 0 saturated carbocycles. The first kappa shape index (κ1) is 15.8. The Morgan fingerprint density at radius 3 is 2.48 bits per heavy atom. The van der Waals surface area contributed by atoms with Gasteiger partial charge < -0.3 is 14.5 Å². The molecule has 0 bridgehead atoms. The number of nitrogens with zero attached hydrogens (tertiary/aromatic N) is 2. The molecule has 1 amide bonds. The van der Waals surface area contributed by atoms with Crippen molar-refractivity contribution in [3.63, 3.8) is 0 Å². The first-order valence-electron chi connectivity index (χ1n) is 7.58. The highest BCUT2D eigenvalue weighted by Crippen LogP contribution is 2.19.